The van der Waals surface area contributed by atoms with Crippen molar-refractivity contribution in [2.75, 3.05) is 38.7 Å². The van der Waals surface area contributed by atoms with Crippen molar-refractivity contribution in [3.63, 3.8) is 0 Å². The molecule has 94 valence electrons. The van der Waals surface area contributed by atoms with Gasteiger partial charge in [0, 0.05) is 30.3 Å². The van der Waals surface area contributed by atoms with Crippen LogP contribution in [0.3, 0.4) is 0 Å². The first-order chi connectivity index (χ1) is 7.52. The lowest BCUT2D eigenvalue weighted by molar-refractivity contribution is -0.124. The highest BCUT2D eigenvalue weighted by molar-refractivity contribution is 7.99. The quantitative estimate of drug-likeness (QED) is 0.723. The van der Waals surface area contributed by atoms with E-state index in [4.69, 9.17) is 5.73 Å². The second-order valence-corrected chi connectivity index (χ2v) is 5.88. The monoisotopic (exact) mass is 245 g/mol. The number of nitrogens with two attached hydrogens (primary N) is 1. The molecule has 1 aliphatic heterocycles. The van der Waals surface area contributed by atoms with Crippen LogP contribution in [0, 0.1) is 5.92 Å². The van der Waals surface area contributed by atoms with Gasteiger partial charge in [-0.25, -0.2) is 0 Å². The Kier molecular flexibility index (Phi) is 5.08. The van der Waals surface area contributed by atoms with E-state index in [1.54, 1.807) is 0 Å². The third-order valence-corrected chi connectivity index (χ3v) is 4.66. The SMILES string of the molecule is CC(CN)C(=O)NCC1(N(C)C)CCSC1. The van der Waals surface area contributed by atoms with Crippen LogP contribution in [0.5, 0.6) is 0 Å². The van der Waals surface area contributed by atoms with Gasteiger partial charge in [0.1, 0.15) is 0 Å². The van der Waals surface area contributed by atoms with Crippen LogP contribution in [0.4, 0.5) is 0 Å². The zero-order chi connectivity index (χ0) is 12.2. The average molecular weight is 245 g/mol. The molecule has 0 spiro atoms. The largest absolute Gasteiger partial charge is 0.354 e. The number of rotatable bonds is 5. The zero-order valence-corrected chi connectivity index (χ0v) is 11.3. The summed E-state index contributed by atoms with van der Waals surface area (Å²) < 4.78 is 0. The fourth-order valence-electron chi connectivity index (χ4n) is 1.78. The van der Waals surface area contributed by atoms with Crippen LogP contribution < -0.4 is 11.1 Å². The minimum atomic E-state index is -0.0896. The highest BCUT2D eigenvalue weighted by Gasteiger charge is 2.36. The van der Waals surface area contributed by atoms with Crippen molar-refractivity contribution in [3.8, 4) is 0 Å². The first kappa shape index (κ1) is 13.8. The van der Waals surface area contributed by atoms with Gasteiger partial charge in [-0.3, -0.25) is 4.79 Å². The minimum absolute atomic E-state index is 0.0700. The van der Waals surface area contributed by atoms with Crippen LogP contribution in [-0.4, -0.2) is 55.0 Å². The van der Waals surface area contributed by atoms with Gasteiger partial charge in [0.15, 0.2) is 0 Å². The Morgan fingerprint density at radius 3 is 2.75 bits per heavy atom. The molecule has 3 N–H and O–H groups in total. The predicted molar refractivity (Wildman–Crippen MR) is 69.6 cm³/mol. The molecule has 0 aromatic heterocycles. The third-order valence-electron chi connectivity index (χ3n) is 3.42. The summed E-state index contributed by atoms with van der Waals surface area (Å²) in [7, 11) is 4.18. The van der Waals surface area contributed by atoms with E-state index in [2.05, 4.69) is 24.3 Å². The van der Waals surface area contributed by atoms with Crippen LogP contribution in [0.1, 0.15) is 13.3 Å². The number of thioether (sulfide) groups is 1. The first-order valence-corrected chi connectivity index (χ1v) is 6.90. The van der Waals surface area contributed by atoms with Gasteiger partial charge < -0.3 is 16.0 Å². The van der Waals surface area contributed by atoms with Gasteiger partial charge in [0.25, 0.3) is 0 Å². The molecule has 1 heterocycles. The van der Waals surface area contributed by atoms with E-state index in [0.29, 0.717) is 6.54 Å². The summed E-state index contributed by atoms with van der Waals surface area (Å²) in [6.07, 6.45) is 1.14. The average Bonchev–Trinajstić information content (AvgIpc) is 2.74. The van der Waals surface area contributed by atoms with Crippen molar-refractivity contribution in [3.05, 3.63) is 0 Å². The van der Waals surface area contributed by atoms with Gasteiger partial charge in [0.05, 0.1) is 0 Å². The number of hydrogen-bond acceptors (Lipinski definition) is 4. The molecule has 16 heavy (non-hydrogen) atoms. The van der Waals surface area contributed by atoms with Crippen molar-refractivity contribution in [2.24, 2.45) is 11.7 Å². The van der Waals surface area contributed by atoms with E-state index in [1.807, 2.05) is 18.7 Å². The molecule has 0 bridgehead atoms. The minimum Gasteiger partial charge on any atom is -0.354 e. The molecule has 2 atom stereocenters. The summed E-state index contributed by atoms with van der Waals surface area (Å²) in [5.74, 6) is 2.26. The molecule has 1 amide bonds. The fourth-order valence-corrected chi connectivity index (χ4v) is 3.33. The summed E-state index contributed by atoms with van der Waals surface area (Å²) in [5, 5.41) is 3.02. The van der Waals surface area contributed by atoms with Crippen molar-refractivity contribution in [2.45, 2.75) is 18.9 Å². The Balaban J connectivity index is 2.48. The lowest BCUT2D eigenvalue weighted by Gasteiger charge is -2.36. The molecule has 1 aliphatic rings. The van der Waals surface area contributed by atoms with Gasteiger partial charge >= 0.3 is 0 Å². The number of carbonyl (C=O) groups is 1. The second kappa shape index (κ2) is 5.89. The first-order valence-electron chi connectivity index (χ1n) is 5.75. The normalized spacial score (nSPS) is 27.1. The number of nitrogens with one attached hydrogen (secondary N) is 1. The van der Waals surface area contributed by atoms with Crippen LogP contribution in [-0.2, 0) is 4.79 Å². The van der Waals surface area contributed by atoms with Crippen molar-refractivity contribution in [1.82, 2.24) is 10.2 Å². The third kappa shape index (κ3) is 3.12. The van der Waals surface area contributed by atoms with E-state index in [0.717, 1.165) is 18.7 Å². The molecule has 1 saturated heterocycles. The van der Waals surface area contributed by atoms with Gasteiger partial charge in [-0.15, -0.1) is 0 Å². The maximum atomic E-state index is 11.7. The van der Waals surface area contributed by atoms with Crippen LogP contribution >= 0.6 is 11.8 Å². The maximum Gasteiger partial charge on any atom is 0.224 e. The molecule has 0 aliphatic carbocycles. The van der Waals surface area contributed by atoms with E-state index in [9.17, 15) is 4.79 Å². The number of nitrogens with zero attached hydrogens (tertiary/aromatic N) is 1. The Morgan fingerprint density at radius 1 is 1.62 bits per heavy atom. The molecule has 0 radical (unpaired) electrons. The molecule has 0 saturated carbocycles. The number of hydrogen-bond donors (Lipinski definition) is 2. The summed E-state index contributed by atoms with van der Waals surface area (Å²) in [4.78, 5) is 13.9. The summed E-state index contributed by atoms with van der Waals surface area (Å²) in [5.41, 5.74) is 5.61. The molecule has 0 aromatic carbocycles. The fraction of sp³-hybridized carbons (Fsp3) is 0.909. The predicted octanol–water partition coefficient (Wildman–Crippen LogP) is 0.135. The summed E-state index contributed by atoms with van der Waals surface area (Å²) >= 11 is 1.96. The van der Waals surface area contributed by atoms with Gasteiger partial charge in [-0.1, -0.05) is 6.92 Å². The molecule has 1 rings (SSSR count). The lowest BCUT2D eigenvalue weighted by Crippen LogP contribution is -2.53. The molecule has 1 fully saturated rings. The molecule has 5 heteroatoms. The number of likely N-dealkylation sites (N-methyl/N-ethyl adjacent to an activating group) is 1. The highest BCUT2D eigenvalue weighted by Crippen LogP contribution is 2.31. The second-order valence-electron chi connectivity index (χ2n) is 4.78. The molecule has 4 nitrogen and oxygen atoms in total. The van der Waals surface area contributed by atoms with Crippen LogP contribution in [0.15, 0.2) is 0 Å². The molecular weight excluding hydrogens is 222 g/mol. The van der Waals surface area contributed by atoms with E-state index >= 15 is 0 Å². The highest BCUT2D eigenvalue weighted by atomic mass is 32.2. The van der Waals surface area contributed by atoms with Crippen LogP contribution in [0.2, 0.25) is 0 Å². The van der Waals surface area contributed by atoms with E-state index in [-0.39, 0.29) is 17.4 Å². The Hall–Kier alpha value is -0.260. The summed E-state index contributed by atoms with van der Waals surface area (Å²) in [6.45, 7) is 3.01. The van der Waals surface area contributed by atoms with Gasteiger partial charge in [0.2, 0.25) is 5.91 Å². The number of carbonyl (C=O) groups excluding carboxylic acids is 1. The Morgan fingerprint density at radius 2 is 2.31 bits per heavy atom. The zero-order valence-electron chi connectivity index (χ0n) is 10.5. The lowest BCUT2D eigenvalue weighted by atomic mass is 9.97. The van der Waals surface area contributed by atoms with Crippen molar-refractivity contribution < 1.29 is 4.79 Å². The maximum absolute atomic E-state index is 11.7. The number of amides is 1. The molecule has 2 unspecified atom stereocenters. The smallest absolute Gasteiger partial charge is 0.224 e. The van der Waals surface area contributed by atoms with Crippen LogP contribution in [0.25, 0.3) is 0 Å². The van der Waals surface area contributed by atoms with E-state index in [1.165, 1.54) is 5.75 Å². The van der Waals surface area contributed by atoms with Crippen molar-refractivity contribution in [1.29, 1.82) is 0 Å². The topological polar surface area (TPSA) is 58.4 Å². The summed E-state index contributed by atoms with van der Waals surface area (Å²) in [6, 6.07) is 0. The van der Waals surface area contributed by atoms with Crippen molar-refractivity contribution >= 4 is 17.7 Å². The van der Waals surface area contributed by atoms with Gasteiger partial charge in [-0.2, -0.15) is 11.8 Å². The van der Waals surface area contributed by atoms with Gasteiger partial charge in [-0.05, 0) is 26.3 Å². The standard InChI is InChI=1S/C11H23N3OS/c1-9(6-12)10(15)13-7-11(14(2)3)4-5-16-8-11/h9H,4-8,12H2,1-3H3,(H,13,15). The Bertz CT molecular complexity index is 239. The molecule has 0 aromatic rings. The van der Waals surface area contributed by atoms with E-state index < -0.39 is 0 Å². The molecular formula is C11H23N3OS. The Labute approximate surface area is 102 Å².